The minimum absolute atomic E-state index is 0.266. The lowest BCUT2D eigenvalue weighted by atomic mass is 10.1. The minimum atomic E-state index is -0.266. The summed E-state index contributed by atoms with van der Waals surface area (Å²) >= 11 is 5.00. The lowest BCUT2D eigenvalue weighted by Gasteiger charge is -2.02. The maximum Gasteiger partial charge on any atom is 0.288 e. The van der Waals surface area contributed by atoms with Crippen molar-refractivity contribution in [1.29, 1.82) is 0 Å². The lowest BCUT2D eigenvalue weighted by molar-refractivity contribution is 0.0951. The fourth-order valence-corrected chi connectivity index (χ4v) is 3.81. The van der Waals surface area contributed by atoms with Crippen LogP contribution >= 0.6 is 27.3 Å². The molecular weight excluding hydrogens is 410 g/mol. The van der Waals surface area contributed by atoms with Crippen molar-refractivity contribution in [2.75, 3.05) is 0 Å². The molecule has 0 aliphatic heterocycles. The average molecular weight is 424 g/mol. The average Bonchev–Trinajstić information content (AvgIpc) is 3.30. The van der Waals surface area contributed by atoms with Crippen molar-refractivity contribution < 1.29 is 4.79 Å². The van der Waals surface area contributed by atoms with Gasteiger partial charge in [-0.15, -0.1) is 11.3 Å². The molecule has 4 rings (SSSR count). The Morgan fingerprint density at radius 2 is 1.88 bits per heavy atom. The summed E-state index contributed by atoms with van der Waals surface area (Å²) in [6.07, 6.45) is 1.62. The molecule has 6 heteroatoms. The standard InChI is InChI=1S/C20H14BrN3OS/c21-14-9-7-13(8-10-14)12-22-24-20(25)19-18(17-6-3-11-26-17)15-4-1-2-5-16(15)23-19/h1-12,23H,(H,24,25). The van der Waals surface area contributed by atoms with Crippen LogP contribution < -0.4 is 5.43 Å². The maximum atomic E-state index is 12.7. The summed E-state index contributed by atoms with van der Waals surface area (Å²) in [5, 5.41) is 7.11. The van der Waals surface area contributed by atoms with Crippen molar-refractivity contribution in [3.05, 3.63) is 81.8 Å². The van der Waals surface area contributed by atoms with Crippen molar-refractivity contribution in [3.63, 3.8) is 0 Å². The molecule has 4 aromatic rings. The Morgan fingerprint density at radius 1 is 1.08 bits per heavy atom. The molecule has 2 aromatic carbocycles. The highest BCUT2D eigenvalue weighted by molar-refractivity contribution is 9.10. The second kappa shape index (κ2) is 7.27. The Morgan fingerprint density at radius 3 is 2.65 bits per heavy atom. The third kappa shape index (κ3) is 3.34. The molecule has 26 heavy (non-hydrogen) atoms. The van der Waals surface area contributed by atoms with E-state index in [1.54, 1.807) is 17.6 Å². The van der Waals surface area contributed by atoms with Crippen molar-refractivity contribution in [2.24, 2.45) is 5.10 Å². The van der Waals surface area contributed by atoms with Gasteiger partial charge in [-0.25, -0.2) is 5.43 Å². The Balaban J connectivity index is 1.64. The van der Waals surface area contributed by atoms with Gasteiger partial charge in [-0.2, -0.15) is 5.10 Å². The second-order valence-corrected chi connectivity index (χ2v) is 7.51. The molecule has 0 saturated heterocycles. The van der Waals surface area contributed by atoms with Gasteiger partial charge in [0.25, 0.3) is 5.91 Å². The van der Waals surface area contributed by atoms with E-state index < -0.39 is 0 Å². The van der Waals surface area contributed by atoms with Crippen LogP contribution in [0.15, 0.2) is 75.6 Å². The smallest absolute Gasteiger partial charge is 0.288 e. The molecule has 0 aliphatic rings. The van der Waals surface area contributed by atoms with E-state index in [1.807, 2.05) is 66.0 Å². The summed E-state index contributed by atoms with van der Waals surface area (Å²) in [7, 11) is 0. The first kappa shape index (κ1) is 16.8. The number of aromatic nitrogens is 1. The molecule has 1 amide bonds. The van der Waals surface area contributed by atoms with E-state index in [9.17, 15) is 4.79 Å². The largest absolute Gasteiger partial charge is 0.350 e. The zero-order chi connectivity index (χ0) is 17.9. The fourth-order valence-electron chi connectivity index (χ4n) is 2.76. The first-order chi connectivity index (χ1) is 12.7. The van der Waals surface area contributed by atoms with Crippen LogP contribution in [0.4, 0.5) is 0 Å². The number of hydrogen-bond donors (Lipinski definition) is 2. The number of nitrogens with one attached hydrogen (secondary N) is 2. The van der Waals surface area contributed by atoms with Crippen molar-refractivity contribution in [2.45, 2.75) is 0 Å². The van der Waals surface area contributed by atoms with E-state index in [-0.39, 0.29) is 5.91 Å². The van der Waals surface area contributed by atoms with Crippen LogP contribution in [0.3, 0.4) is 0 Å². The fraction of sp³-hybridized carbons (Fsp3) is 0. The van der Waals surface area contributed by atoms with Gasteiger partial charge in [-0.3, -0.25) is 4.79 Å². The lowest BCUT2D eigenvalue weighted by Crippen LogP contribution is -2.18. The molecule has 0 atom stereocenters. The number of nitrogens with zero attached hydrogens (tertiary/aromatic N) is 1. The van der Waals surface area contributed by atoms with Crippen LogP contribution in [0.2, 0.25) is 0 Å². The number of thiophene rings is 1. The number of aromatic amines is 1. The van der Waals surface area contributed by atoms with E-state index in [0.29, 0.717) is 5.69 Å². The third-order valence-electron chi connectivity index (χ3n) is 3.95. The molecule has 0 fully saturated rings. The molecule has 2 aromatic heterocycles. The molecule has 2 heterocycles. The number of rotatable bonds is 4. The van der Waals surface area contributed by atoms with Gasteiger partial charge in [0.2, 0.25) is 0 Å². The normalized spacial score (nSPS) is 11.3. The minimum Gasteiger partial charge on any atom is -0.350 e. The quantitative estimate of drug-likeness (QED) is 0.334. The number of benzene rings is 2. The topological polar surface area (TPSA) is 57.2 Å². The van der Waals surface area contributed by atoms with Gasteiger partial charge in [-0.1, -0.05) is 52.3 Å². The molecule has 0 saturated carbocycles. The van der Waals surface area contributed by atoms with Gasteiger partial charge in [-0.05, 0) is 35.2 Å². The van der Waals surface area contributed by atoms with E-state index in [1.165, 1.54) is 0 Å². The first-order valence-electron chi connectivity index (χ1n) is 7.96. The van der Waals surface area contributed by atoms with Crippen molar-refractivity contribution in [3.8, 4) is 10.4 Å². The van der Waals surface area contributed by atoms with Gasteiger partial charge in [0.1, 0.15) is 5.69 Å². The number of H-pyrrole nitrogens is 1. The summed E-state index contributed by atoms with van der Waals surface area (Å²) in [6, 6.07) is 19.6. The summed E-state index contributed by atoms with van der Waals surface area (Å²) in [4.78, 5) is 17.0. The van der Waals surface area contributed by atoms with Gasteiger partial charge in [0.05, 0.1) is 6.21 Å². The number of hydrazone groups is 1. The Kier molecular flexibility index (Phi) is 4.69. The number of carbonyl (C=O) groups excluding carboxylic acids is 1. The van der Waals surface area contributed by atoms with Gasteiger partial charge < -0.3 is 4.98 Å². The van der Waals surface area contributed by atoms with E-state index in [4.69, 9.17) is 0 Å². The number of para-hydroxylation sites is 1. The van der Waals surface area contributed by atoms with Crippen molar-refractivity contribution in [1.82, 2.24) is 10.4 Å². The number of amides is 1. The summed E-state index contributed by atoms with van der Waals surface area (Å²) in [5.74, 6) is -0.266. The summed E-state index contributed by atoms with van der Waals surface area (Å²) < 4.78 is 0.998. The zero-order valence-corrected chi connectivity index (χ0v) is 16.0. The first-order valence-corrected chi connectivity index (χ1v) is 9.63. The van der Waals surface area contributed by atoms with Crippen LogP contribution in [-0.4, -0.2) is 17.1 Å². The maximum absolute atomic E-state index is 12.7. The Hall–Kier alpha value is -2.70. The molecule has 4 nitrogen and oxygen atoms in total. The van der Waals surface area contributed by atoms with Crippen molar-refractivity contribution >= 4 is 50.3 Å². The highest BCUT2D eigenvalue weighted by Gasteiger charge is 2.19. The Bertz CT molecular complexity index is 1080. The zero-order valence-electron chi connectivity index (χ0n) is 13.6. The summed E-state index contributed by atoms with van der Waals surface area (Å²) in [5.41, 5.74) is 5.88. The molecule has 0 aliphatic carbocycles. The highest BCUT2D eigenvalue weighted by Crippen LogP contribution is 2.35. The monoisotopic (exact) mass is 423 g/mol. The molecular formula is C20H14BrN3OS. The summed E-state index contributed by atoms with van der Waals surface area (Å²) in [6.45, 7) is 0. The third-order valence-corrected chi connectivity index (χ3v) is 5.37. The van der Waals surface area contributed by atoms with E-state index in [2.05, 4.69) is 31.4 Å². The molecule has 0 spiro atoms. The molecule has 2 N–H and O–H groups in total. The molecule has 0 radical (unpaired) electrons. The molecule has 0 unspecified atom stereocenters. The van der Waals surface area contributed by atoms with Crippen LogP contribution in [0, 0.1) is 0 Å². The van der Waals surface area contributed by atoms with E-state index >= 15 is 0 Å². The second-order valence-electron chi connectivity index (χ2n) is 5.65. The SMILES string of the molecule is O=C(NN=Cc1ccc(Br)cc1)c1[nH]c2ccccc2c1-c1cccs1. The number of carbonyl (C=O) groups is 1. The van der Waals surface area contributed by atoms with E-state index in [0.717, 1.165) is 31.4 Å². The van der Waals surface area contributed by atoms with Crippen LogP contribution in [0.5, 0.6) is 0 Å². The molecule has 0 bridgehead atoms. The number of fused-ring (bicyclic) bond motifs is 1. The van der Waals surface area contributed by atoms with Gasteiger partial charge >= 0.3 is 0 Å². The number of halogens is 1. The van der Waals surface area contributed by atoms with Crippen LogP contribution in [0.25, 0.3) is 21.3 Å². The predicted molar refractivity (Wildman–Crippen MR) is 111 cm³/mol. The Labute approximate surface area is 162 Å². The number of hydrogen-bond acceptors (Lipinski definition) is 3. The predicted octanol–water partition coefficient (Wildman–Crippen LogP) is 5.42. The van der Waals surface area contributed by atoms with Crippen LogP contribution in [0.1, 0.15) is 16.1 Å². The van der Waals surface area contributed by atoms with Crippen LogP contribution in [-0.2, 0) is 0 Å². The highest BCUT2D eigenvalue weighted by atomic mass is 79.9. The van der Waals surface area contributed by atoms with Gasteiger partial charge in [0.15, 0.2) is 0 Å². The van der Waals surface area contributed by atoms with Gasteiger partial charge in [0, 0.05) is 25.8 Å². The molecule has 128 valence electrons.